The van der Waals surface area contributed by atoms with Crippen LogP contribution in [0.5, 0.6) is 5.75 Å². The molecule has 0 fully saturated rings. The van der Waals surface area contributed by atoms with Crippen LogP contribution in [0.15, 0.2) is 66.7 Å². The molecule has 26 heavy (non-hydrogen) atoms. The summed E-state index contributed by atoms with van der Waals surface area (Å²) in [5.41, 5.74) is 3.81. The van der Waals surface area contributed by atoms with Crippen LogP contribution >= 0.6 is 0 Å². The smallest absolute Gasteiger partial charge is 0.262 e. The number of nitrogens with one attached hydrogen (secondary N) is 1. The minimum Gasteiger partial charge on any atom is -0.495 e. The molecule has 1 aliphatic rings. The van der Waals surface area contributed by atoms with E-state index in [1.165, 1.54) is 0 Å². The van der Waals surface area contributed by atoms with Crippen molar-refractivity contribution in [3.8, 4) is 5.75 Å². The lowest BCUT2D eigenvalue weighted by Gasteiger charge is -2.38. The molecule has 1 aliphatic heterocycles. The molecule has 5 nitrogen and oxygen atoms in total. The number of amides is 1. The van der Waals surface area contributed by atoms with Crippen LogP contribution in [0.3, 0.4) is 0 Å². The third-order valence-corrected chi connectivity index (χ3v) is 4.46. The van der Waals surface area contributed by atoms with Gasteiger partial charge in [-0.05, 0) is 43.3 Å². The van der Waals surface area contributed by atoms with Crippen LogP contribution in [0, 0.1) is 6.92 Å². The Kier molecular flexibility index (Phi) is 4.05. The standard InChI is InChI=1S/C21H19N3O2/c1-14-8-7-11-17(22-14)20-23-16-10-4-3-9-15(16)21(25)24(20)18-12-5-6-13-19(18)26-2/h3-13,20,23H,1-2H3/t20-/m1/s1. The first-order valence-corrected chi connectivity index (χ1v) is 8.45. The van der Waals surface area contributed by atoms with E-state index in [-0.39, 0.29) is 5.91 Å². The number of pyridine rings is 1. The van der Waals surface area contributed by atoms with Crippen molar-refractivity contribution < 1.29 is 9.53 Å². The molecule has 3 aromatic rings. The van der Waals surface area contributed by atoms with Gasteiger partial charge in [-0.3, -0.25) is 14.7 Å². The summed E-state index contributed by atoms with van der Waals surface area (Å²) in [6, 6.07) is 20.9. The number of aryl methyl sites for hydroxylation is 1. The fraction of sp³-hybridized carbons (Fsp3) is 0.143. The number of carbonyl (C=O) groups excluding carboxylic acids is 1. The van der Waals surface area contributed by atoms with Crippen LogP contribution in [-0.4, -0.2) is 18.0 Å². The molecule has 130 valence electrons. The maximum absolute atomic E-state index is 13.4. The SMILES string of the molecule is COc1ccccc1N1C(=O)c2ccccc2N[C@H]1c1cccc(C)n1. The monoisotopic (exact) mass is 345 g/mol. The summed E-state index contributed by atoms with van der Waals surface area (Å²) in [6.07, 6.45) is -0.423. The van der Waals surface area contributed by atoms with Gasteiger partial charge in [0.1, 0.15) is 5.75 Å². The molecule has 0 saturated carbocycles. The Hall–Kier alpha value is -3.34. The van der Waals surface area contributed by atoms with E-state index >= 15 is 0 Å². The fourth-order valence-corrected chi connectivity index (χ4v) is 3.25. The first kappa shape index (κ1) is 16.1. The van der Waals surface area contributed by atoms with Gasteiger partial charge in [0.25, 0.3) is 5.91 Å². The Balaban J connectivity index is 1.91. The van der Waals surface area contributed by atoms with Crippen LogP contribution in [0.2, 0.25) is 0 Å². The van der Waals surface area contributed by atoms with Crippen LogP contribution in [0.25, 0.3) is 0 Å². The van der Waals surface area contributed by atoms with Gasteiger partial charge in [-0.1, -0.05) is 30.3 Å². The van der Waals surface area contributed by atoms with Crippen LogP contribution in [0.4, 0.5) is 11.4 Å². The predicted octanol–water partition coefficient (Wildman–Crippen LogP) is 4.17. The highest BCUT2D eigenvalue weighted by Crippen LogP contribution is 2.39. The fourth-order valence-electron chi connectivity index (χ4n) is 3.25. The second-order valence-corrected chi connectivity index (χ2v) is 6.14. The van der Waals surface area contributed by atoms with Gasteiger partial charge in [0.15, 0.2) is 6.17 Å². The summed E-state index contributed by atoms with van der Waals surface area (Å²) in [7, 11) is 1.61. The summed E-state index contributed by atoms with van der Waals surface area (Å²) in [5, 5.41) is 3.46. The molecule has 0 bridgehead atoms. The molecule has 0 aliphatic carbocycles. The van der Waals surface area contributed by atoms with Gasteiger partial charge in [-0.15, -0.1) is 0 Å². The highest BCUT2D eigenvalue weighted by molar-refractivity contribution is 6.12. The molecule has 0 unspecified atom stereocenters. The van der Waals surface area contributed by atoms with Gasteiger partial charge in [0.2, 0.25) is 0 Å². The van der Waals surface area contributed by atoms with Gasteiger partial charge >= 0.3 is 0 Å². The Morgan fingerprint density at radius 1 is 1.00 bits per heavy atom. The predicted molar refractivity (Wildman–Crippen MR) is 102 cm³/mol. The quantitative estimate of drug-likeness (QED) is 0.774. The molecule has 1 N–H and O–H groups in total. The maximum Gasteiger partial charge on any atom is 0.262 e. The number of methoxy groups -OCH3 is 1. The topological polar surface area (TPSA) is 54.5 Å². The highest BCUT2D eigenvalue weighted by atomic mass is 16.5. The molecule has 1 atom stereocenters. The summed E-state index contributed by atoms with van der Waals surface area (Å²) in [4.78, 5) is 19.7. The molecule has 5 heteroatoms. The van der Waals surface area contributed by atoms with E-state index in [9.17, 15) is 4.79 Å². The number of nitrogens with zero attached hydrogens (tertiary/aromatic N) is 2. The Bertz CT molecular complexity index is 971. The van der Waals surface area contributed by atoms with Crippen molar-refractivity contribution in [2.75, 3.05) is 17.3 Å². The van der Waals surface area contributed by atoms with Crippen molar-refractivity contribution >= 4 is 17.3 Å². The number of fused-ring (bicyclic) bond motifs is 1. The van der Waals surface area contributed by atoms with E-state index < -0.39 is 6.17 Å². The lowest BCUT2D eigenvalue weighted by Crippen LogP contribution is -2.43. The molecule has 1 aromatic heterocycles. The minimum absolute atomic E-state index is 0.0860. The maximum atomic E-state index is 13.4. The van der Waals surface area contributed by atoms with E-state index in [4.69, 9.17) is 4.74 Å². The van der Waals surface area contributed by atoms with Gasteiger partial charge in [0, 0.05) is 11.4 Å². The van der Waals surface area contributed by atoms with Gasteiger partial charge in [-0.2, -0.15) is 0 Å². The number of hydrogen-bond acceptors (Lipinski definition) is 4. The lowest BCUT2D eigenvalue weighted by atomic mass is 10.0. The van der Waals surface area contributed by atoms with Gasteiger partial charge in [0.05, 0.1) is 24.1 Å². The average molecular weight is 345 g/mol. The molecule has 0 saturated heterocycles. The van der Waals surface area contributed by atoms with E-state index in [2.05, 4.69) is 10.3 Å². The molecule has 4 rings (SSSR count). The Labute approximate surface area is 152 Å². The van der Waals surface area contributed by atoms with Crippen molar-refractivity contribution in [1.82, 2.24) is 4.98 Å². The summed E-state index contributed by atoms with van der Waals surface area (Å²) in [6.45, 7) is 1.94. The van der Waals surface area contributed by atoms with Crippen molar-refractivity contribution in [3.63, 3.8) is 0 Å². The molecular weight excluding hydrogens is 326 g/mol. The zero-order valence-electron chi connectivity index (χ0n) is 14.6. The molecule has 0 spiro atoms. The van der Waals surface area contributed by atoms with Crippen LogP contribution < -0.4 is 15.0 Å². The van der Waals surface area contributed by atoms with E-state index in [1.54, 1.807) is 12.0 Å². The minimum atomic E-state index is -0.423. The van der Waals surface area contributed by atoms with Crippen LogP contribution in [-0.2, 0) is 0 Å². The second kappa shape index (κ2) is 6.52. The van der Waals surface area contributed by atoms with Crippen LogP contribution in [0.1, 0.15) is 27.9 Å². The second-order valence-electron chi connectivity index (χ2n) is 6.14. The zero-order valence-corrected chi connectivity index (χ0v) is 14.6. The molecule has 2 heterocycles. The number of rotatable bonds is 3. The average Bonchev–Trinajstić information content (AvgIpc) is 2.68. The van der Waals surface area contributed by atoms with Crippen molar-refractivity contribution in [2.45, 2.75) is 13.1 Å². The van der Waals surface area contributed by atoms with E-state index in [0.29, 0.717) is 17.0 Å². The largest absolute Gasteiger partial charge is 0.495 e. The number of carbonyl (C=O) groups is 1. The third kappa shape index (κ3) is 2.67. The first-order valence-electron chi connectivity index (χ1n) is 8.45. The number of anilines is 2. The van der Waals surface area contributed by atoms with Crippen molar-refractivity contribution in [3.05, 3.63) is 83.7 Å². The highest BCUT2D eigenvalue weighted by Gasteiger charge is 2.36. The normalized spacial score (nSPS) is 16.0. The number of para-hydroxylation sites is 3. The first-order chi connectivity index (χ1) is 12.7. The van der Waals surface area contributed by atoms with E-state index in [1.807, 2.05) is 73.7 Å². The van der Waals surface area contributed by atoms with Gasteiger partial charge < -0.3 is 10.1 Å². The summed E-state index contributed by atoms with van der Waals surface area (Å²) >= 11 is 0. The molecule has 1 amide bonds. The van der Waals surface area contributed by atoms with Crippen molar-refractivity contribution in [1.29, 1.82) is 0 Å². The Morgan fingerprint density at radius 3 is 2.58 bits per heavy atom. The summed E-state index contributed by atoms with van der Waals surface area (Å²) < 4.78 is 5.50. The van der Waals surface area contributed by atoms with Gasteiger partial charge in [-0.25, -0.2) is 0 Å². The Morgan fingerprint density at radius 2 is 1.77 bits per heavy atom. The van der Waals surface area contributed by atoms with Crippen molar-refractivity contribution in [2.24, 2.45) is 0 Å². The summed E-state index contributed by atoms with van der Waals surface area (Å²) in [5.74, 6) is 0.553. The number of ether oxygens (including phenoxy) is 1. The zero-order chi connectivity index (χ0) is 18.1. The lowest BCUT2D eigenvalue weighted by molar-refractivity contribution is 0.0973. The number of hydrogen-bond donors (Lipinski definition) is 1. The third-order valence-electron chi connectivity index (χ3n) is 4.46. The molecule has 2 aromatic carbocycles. The number of aromatic nitrogens is 1. The molecule has 0 radical (unpaired) electrons. The number of benzene rings is 2. The van der Waals surface area contributed by atoms with E-state index in [0.717, 1.165) is 17.1 Å². The molecular formula is C21H19N3O2.